The van der Waals surface area contributed by atoms with Crippen LogP contribution < -0.4 is 10.1 Å². The third kappa shape index (κ3) is 5.46. The second-order valence-corrected chi connectivity index (χ2v) is 9.34. The Hall–Kier alpha value is -2.68. The molecule has 0 spiro atoms. The van der Waals surface area contributed by atoms with Crippen molar-refractivity contribution in [2.24, 2.45) is 0 Å². The van der Waals surface area contributed by atoms with Crippen LogP contribution >= 0.6 is 43.5 Å². The number of nitrogens with one attached hydrogen (secondary N) is 1. The number of hydrogen-bond donors (Lipinski definition) is 1. The van der Waals surface area contributed by atoms with Crippen molar-refractivity contribution in [1.29, 1.82) is 0 Å². The molecule has 0 bridgehead atoms. The van der Waals surface area contributed by atoms with Crippen molar-refractivity contribution < 1.29 is 18.7 Å². The maximum Gasteiger partial charge on any atom is 0.329 e. The summed E-state index contributed by atoms with van der Waals surface area (Å²) >= 11 is 12.9. The fraction of sp³-hybridized carbons (Fsp3) is 0.0833. The average Bonchev–Trinajstić information content (AvgIpc) is 3.03. The van der Waals surface area contributed by atoms with Gasteiger partial charge in [0.2, 0.25) is 0 Å². The minimum atomic E-state index is -0.601. The van der Waals surface area contributed by atoms with E-state index in [4.69, 9.17) is 16.3 Å². The van der Waals surface area contributed by atoms with Crippen molar-refractivity contribution >= 4 is 61.5 Å². The van der Waals surface area contributed by atoms with E-state index in [1.807, 2.05) is 12.1 Å². The van der Waals surface area contributed by atoms with Gasteiger partial charge in [-0.25, -0.2) is 9.18 Å². The van der Waals surface area contributed by atoms with Gasteiger partial charge >= 0.3 is 6.03 Å². The largest absolute Gasteiger partial charge is 0.487 e. The summed E-state index contributed by atoms with van der Waals surface area (Å²) in [6.07, 6.45) is 1.56. The molecule has 1 heterocycles. The zero-order chi connectivity index (χ0) is 23.5. The van der Waals surface area contributed by atoms with Gasteiger partial charge in [0.25, 0.3) is 5.91 Å². The number of hydrogen-bond acceptors (Lipinski definition) is 3. The number of carbonyl (C=O) groups excluding carboxylic acids is 2. The molecule has 33 heavy (non-hydrogen) atoms. The minimum absolute atomic E-state index is 0.102. The normalized spacial score (nSPS) is 14.7. The number of ether oxygens (including phenoxy) is 1. The molecule has 168 valence electrons. The number of amides is 3. The van der Waals surface area contributed by atoms with Crippen molar-refractivity contribution in [1.82, 2.24) is 10.2 Å². The second kappa shape index (κ2) is 10.1. The molecular weight excluding hydrogens is 579 g/mol. The van der Waals surface area contributed by atoms with E-state index in [-0.39, 0.29) is 17.8 Å². The molecule has 0 aromatic heterocycles. The van der Waals surface area contributed by atoms with E-state index < -0.39 is 17.8 Å². The molecule has 0 aliphatic carbocycles. The van der Waals surface area contributed by atoms with Gasteiger partial charge in [0.05, 0.1) is 15.5 Å². The Morgan fingerprint density at radius 2 is 1.70 bits per heavy atom. The van der Waals surface area contributed by atoms with Gasteiger partial charge in [-0.05, 0) is 79.4 Å². The van der Waals surface area contributed by atoms with Crippen molar-refractivity contribution in [3.05, 3.63) is 103 Å². The van der Waals surface area contributed by atoms with E-state index in [1.165, 1.54) is 12.1 Å². The van der Waals surface area contributed by atoms with Crippen molar-refractivity contribution in [2.45, 2.75) is 13.2 Å². The van der Waals surface area contributed by atoms with Crippen LogP contribution in [0.5, 0.6) is 5.75 Å². The molecule has 0 radical (unpaired) electrons. The highest BCUT2D eigenvalue weighted by molar-refractivity contribution is 9.11. The van der Waals surface area contributed by atoms with Crippen LogP contribution in [0.4, 0.5) is 9.18 Å². The lowest BCUT2D eigenvalue weighted by Gasteiger charge is -2.12. The molecule has 3 aromatic rings. The van der Waals surface area contributed by atoms with Crippen LogP contribution in [0.2, 0.25) is 5.02 Å². The molecule has 1 fully saturated rings. The number of halogens is 4. The van der Waals surface area contributed by atoms with E-state index in [2.05, 4.69) is 37.2 Å². The van der Waals surface area contributed by atoms with Gasteiger partial charge in [0.1, 0.15) is 23.9 Å². The Labute approximate surface area is 211 Å². The Morgan fingerprint density at radius 3 is 2.36 bits per heavy atom. The lowest BCUT2D eigenvalue weighted by Crippen LogP contribution is -2.30. The third-order valence-corrected chi connectivity index (χ3v) is 6.31. The lowest BCUT2D eigenvalue weighted by molar-refractivity contribution is -0.123. The van der Waals surface area contributed by atoms with Crippen molar-refractivity contribution in [3.8, 4) is 5.75 Å². The van der Waals surface area contributed by atoms with E-state index in [0.717, 1.165) is 10.5 Å². The van der Waals surface area contributed by atoms with E-state index in [0.29, 0.717) is 31.9 Å². The molecule has 3 aromatic carbocycles. The molecule has 1 saturated heterocycles. The molecule has 0 saturated carbocycles. The van der Waals surface area contributed by atoms with Crippen LogP contribution in [-0.2, 0) is 17.9 Å². The van der Waals surface area contributed by atoms with Gasteiger partial charge in [0, 0.05) is 10.6 Å². The highest BCUT2D eigenvalue weighted by Crippen LogP contribution is 2.36. The van der Waals surface area contributed by atoms with E-state index >= 15 is 0 Å². The van der Waals surface area contributed by atoms with Crippen LogP contribution in [0, 0.1) is 5.82 Å². The van der Waals surface area contributed by atoms with Gasteiger partial charge in [-0.1, -0.05) is 41.9 Å². The predicted octanol–water partition coefficient (Wildman–Crippen LogP) is 6.68. The first-order valence-electron chi connectivity index (χ1n) is 9.76. The summed E-state index contributed by atoms with van der Waals surface area (Å²) < 4.78 is 21.2. The summed E-state index contributed by atoms with van der Waals surface area (Å²) in [5.74, 6) is -0.411. The molecule has 4 rings (SSSR count). The van der Waals surface area contributed by atoms with E-state index in [1.54, 1.807) is 42.5 Å². The summed E-state index contributed by atoms with van der Waals surface area (Å²) in [6, 6.07) is 16.3. The molecule has 1 aliphatic heterocycles. The summed E-state index contributed by atoms with van der Waals surface area (Å²) in [6.45, 7) is 0.188. The number of urea groups is 1. The van der Waals surface area contributed by atoms with Gasteiger partial charge < -0.3 is 10.1 Å². The molecule has 0 atom stereocenters. The Balaban J connectivity index is 1.50. The summed E-state index contributed by atoms with van der Waals surface area (Å²) in [7, 11) is 0. The second-order valence-electron chi connectivity index (χ2n) is 7.20. The van der Waals surface area contributed by atoms with Gasteiger partial charge in [-0.3, -0.25) is 9.69 Å². The van der Waals surface area contributed by atoms with Crippen LogP contribution in [0.15, 0.2) is 75.3 Å². The lowest BCUT2D eigenvalue weighted by atomic mass is 10.1. The van der Waals surface area contributed by atoms with Crippen molar-refractivity contribution in [2.75, 3.05) is 0 Å². The Kier molecular flexibility index (Phi) is 7.17. The average molecular weight is 595 g/mol. The highest BCUT2D eigenvalue weighted by Gasteiger charge is 2.34. The number of carbonyl (C=O) groups is 2. The fourth-order valence-corrected chi connectivity index (χ4v) is 4.79. The van der Waals surface area contributed by atoms with Crippen LogP contribution in [0.1, 0.15) is 16.7 Å². The first-order valence-corrected chi connectivity index (χ1v) is 11.7. The molecule has 3 amide bonds. The highest BCUT2D eigenvalue weighted by atomic mass is 79.9. The number of nitrogens with zero attached hydrogens (tertiary/aromatic N) is 1. The SMILES string of the molecule is O=C1N/C(=C/c2cc(Br)c(OCc3ccc(Cl)cc3)c(Br)c2)C(=O)N1Cc1ccccc1F. The molecule has 1 N–H and O–H groups in total. The smallest absolute Gasteiger partial charge is 0.329 e. The maximum atomic E-state index is 13.9. The summed E-state index contributed by atoms with van der Waals surface area (Å²) in [5.41, 5.74) is 1.97. The van der Waals surface area contributed by atoms with E-state index in [9.17, 15) is 14.0 Å². The molecule has 1 aliphatic rings. The zero-order valence-corrected chi connectivity index (χ0v) is 20.9. The topological polar surface area (TPSA) is 58.6 Å². The predicted molar refractivity (Wildman–Crippen MR) is 131 cm³/mol. The molecular formula is C24H16Br2ClFN2O3. The molecule has 0 unspecified atom stereocenters. The van der Waals surface area contributed by atoms with Crippen LogP contribution in [-0.4, -0.2) is 16.8 Å². The summed E-state index contributed by atoms with van der Waals surface area (Å²) in [4.78, 5) is 26.0. The quantitative estimate of drug-likeness (QED) is 0.256. The summed E-state index contributed by atoms with van der Waals surface area (Å²) in [5, 5.41) is 3.20. The van der Waals surface area contributed by atoms with Gasteiger partial charge in [-0.15, -0.1) is 0 Å². The number of benzene rings is 3. The standard InChI is InChI=1S/C24H16Br2ClFN2O3/c25-18-9-15(10-19(26)22(18)33-13-14-5-7-17(27)8-6-14)11-21-23(31)30(24(32)29-21)12-16-3-1-2-4-20(16)28/h1-11H,12-13H2,(H,29,32)/b21-11+. The first kappa shape index (κ1) is 23.5. The fourth-order valence-electron chi connectivity index (χ4n) is 3.22. The zero-order valence-electron chi connectivity index (χ0n) is 16.9. The molecule has 9 heteroatoms. The maximum absolute atomic E-state index is 13.9. The Morgan fingerprint density at radius 1 is 1.03 bits per heavy atom. The van der Waals surface area contributed by atoms with Gasteiger partial charge in [0.15, 0.2) is 0 Å². The first-order chi connectivity index (χ1) is 15.8. The van der Waals surface area contributed by atoms with Crippen molar-refractivity contribution in [3.63, 3.8) is 0 Å². The Bertz CT molecular complexity index is 1240. The number of rotatable bonds is 6. The minimum Gasteiger partial charge on any atom is -0.487 e. The van der Waals surface area contributed by atoms with Crippen LogP contribution in [0.25, 0.3) is 6.08 Å². The van der Waals surface area contributed by atoms with Crippen LogP contribution in [0.3, 0.4) is 0 Å². The third-order valence-electron chi connectivity index (χ3n) is 4.88. The molecule has 5 nitrogen and oxygen atoms in total. The number of imide groups is 1. The monoisotopic (exact) mass is 592 g/mol. The van der Waals surface area contributed by atoms with Gasteiger partial charge in [-0.2, -0.15) is 0 Å².